The van der Waals surface area contributed by atoms with Crippen LogP contribution in [0.2, 0.25) is 0 Å². The zero-order valence-electron chi connectivity index (χ0n) is 11.6. The molecule has 1 aliphatic heterocycles. The Kier molecular flexibility index (Phi) is 4.38. The van der Waals surface area contributed by atoms with Crippen LogP contribution in [0.4, 0.5) is 0 Å². The number of ether oxygens (including phenoxy) is 1. The Morgan fingerprint density at radius 1 is 1.17 bits per heavy atom. The lowest BCUT2D eigenvalue weighted by atomic mass is 9.90. The highest BCUT2D eigenvalue weighted by Gasteiger charge is 2.32. The van der Waals surface area contributed by atoms with Crippen LogP contribution < -0.4 is 0 Å². The fourth-order valence-electron chi connectivity index (χ4n) is 2.29. The number of benzene rings is 1. The van der Waals surface area contributed by atoms with E-state index in [2.05, 4.69) is 67.7 Å². The predicted molar refractivity (Wildman–Crippen MR) is 74.2 cm³/mol. The number of nitrogens with zero attached hydrogens (tertiary/aromatic N) is 2. The lowest BCUT2D eigenvalue weighted by Gasteiger charge is -2.41. The topological polar surface area (TPSA) is 15.7 Å². The van der Waals surface area contributed by atoms with E-state index in [0.29, 0.717) is 0 Å². The Morgan fingerprint density at radius 3 is 2.33 bits per heavy atom. The third-order valence-corrected chi connectivity index (χ3v) is 3.77. The predicted octanol–water partition coefficient (Wildman–Crippen LogP) is 1.96. The molecule has 3 nitrogen and oxygen atoms in total. The van der Waals surface area contributed by atoms with Gasteiger partial charge in [0.2, 0.25) is 0 Å². The van der Waals surface area contributed by atoms with Gasteiger partial charge in [0.25, 0.3) is 0 Å². The second-order valence-electron chi connectivity index (χ2n) is 5.19. The molecule has 0 saturated carbocycles. The van der Waals surface area contributed by atoms with Crippen LogP contribution >= 0.6 is 0 Å². The smallest absolute Gasteiger partial charge is 0.0599 e. The molecule has 1 aromatic rings. The quantitative estimate of drug-likeness (QED) is 0.809. The van der Waals surface area contributed by atoms with E-state index in [1.807, 2.05) is 0 Å². The molecule has 18 heavy (non-hydrogen) atoms. The van der Waals surface area contributed by atoms with Crippen LogP contribution in [0.1, 0.15) is 12.5 Å². The van der Waals surface area contributed by atoms with Gasteiger partial charge in [0.15, 0.2) is 0 Å². The molecule has 1 atom stereocenters. The molecule has 1 saturated heterocycles. The maximum Gasteiger partial charge on any atom is 0.0599 e. The molecule has 1 radical (unpaired) electrons. The van der Waals surface area contributed by atoms with E-state index in [4.69, 9.17) is 4.74 Å². The van der Waals surface area contributed by atoms with Crippen LogP contribution in [0, 0.1) is 6.54 Å². The first-order chi connectivity index (χ1) is 8.63. The van der Waals surface area contributed by atoms with E-state index >= 15 is 0 Å². The van der Waals surface area contributed by atoms with Gasteiger partial charge in [-0.1, -0.05) is 30.3 Å². The molecule has 3 heteroatoms. The summed E-state index contributed by atoms with van der Waals surface area (Å²) in [6.07, 6.45) is 0. The zero-order chi connectivity index (χ0) is 13.0. The lowest BCUT2D eigenvalue weighted by molar-refractivity contribution is 0.0322. The van der Waals surface area contributed by atoms with Crippen molar-refractivity contribution in [3.8, 4) is 0 Å². The number of hydrogen-bond donors (Lipinski definition) is 0. The minimum Gasteiger partial charge on any atom is -0.379 e. The minimum absolute atomic E-state index is 0.0708. The Bertz CT molecular complexity index is 360. The summed E-state index contributed by atoms with van der Waals surface area (Å²) < 4.78 is 5.41. The highest BCUT2D eigenvalue weighted by atomic mass is 16.5. The molecule has 0 bridgehead atoms. The van der Waals surface area contributed by atoms with E-state index < -0.39 is 0 Å². The van der Waals surface area contributed by atoms with Gasteiger partial charge in [-0.25, -0.2) is 0 Å². The third-order valence-electron chi connectivity index (χ3n) is 3.77. The summed E-state index contributed by atoms with van der Waals surface area (Å²) in [5.41, 5.74) is 1.25. The van der Waals surface area contributed by atoms with Gasteiger partial charge in [-0.15, -0.1) is 0 Å². The summed E-state index contributed by atoms with van der Waals surface area (Å²) in [5.74, 6) is 0. The standard InChI is InChI=1S/C15H23N2O/c1-15(16(2)3,14-7-5-4-6-8-14)13-17-9-11-18-12-10-17/h4-8,13H,9-12H2,1-3H3. The monoisotopic (exact) mass is 247 g/mol. The van der Waals surface area contributed by atoms with Crippen molar-refractivity contribution in [3.05, 3.63) is 42.4 Å². The van der Waals surface area contributed by atoms with Gasteiger partial charge >= 0.3 is 0 Å². The van der Waals surface area contributed by atoms with Crippen molar-refractivity contribution in [1.82, 2.24) is 9.80 Å². The van der Waals surface area contributed by atoms with Gasteiger partial charge < -0.3 is 4.74 Å². The number of rotatable bonds is 4. The van der Waals surface area contributed by atoms with E-state index in [-0.39, 0.29) is 5.54 Å². The van der Waals surface area contributed by atoms with Crippen molar-refractivity contribution in [2.45, 2.75) is 12.5 Å². The van der Waals surface area contributed by atoms with Crippen molar-refractivity contribution in [2.24, 2.45) is 0 Å². The molecule has 0 N–H and O–H groups in total. The first-order valence-corrected chi connectivity index (χ1v) is 6.54. The molecular formula is C15H23N2O. The molecule has 99 valence electrons. The minimum atomic E-state index is -0.0708. The van der Waals surface area contributed by atoms with Crippen LogP contribution in [0.15, 0.2) is 30.3 Å². The summed E-state index contributed by atoms with van der Waals surface area (Å²) in [4.78, 5) is 4.63. The Balaban J connectivity index is 2.16. The molecule has 0 amide bonds. The number of likely N-dealkylation sites (N-methyl/N-ethyl adjacent to an activating group) is 1. The summed E-state index contributed by atoms with van der Waals surface area (Å²) in [7, 11) is 4.26. The van der Waals surface area contributed by atoms with Crippen molar-refractivity contribution in [1.29, 1.82) is 0 Å². The second-order valence-corrected chi connectivity index (χ2v) is 5.19. The largest absolute Gasteiger partial charge is 0.379 e. The van der Waals surface area contributed by atoms with Gasteiger partial charge in [-0.05, 0) is 26.6 Å². The average Bonchev–Trinajstić information content (AvgIpc) is 2.40. The molecule has 1 unspecified atom stereocenters. The molecule has 0 spiro atoms. The summed E-state index contributed by atoms with van der Waals surface area (Å²) >= 11 is 0. The SMILES string of the molecule is CN(C)C(C)([CH]N1CCOCC1)c1ccccc1. The highest BCUT2D eigenvalue weighted by molar-refractivity contribution is 5.26. The Morgan fingerprint density at radius 2 is 1.78 bits per heavy atom. The van der Waals surface area contributed by atoms with Gasteiger partial charge in [0, 0.05) is 19.6 Å². The van der Waals surface area contributed by atoms with Crippen LogP contribution in [0.5, 0.6) is 0 Å². The maximum absolute atomic E-state index is 5.41. The van der Waals surface area contributed by atoms with E-state index in [0.717, 1.165) is 26.3 Å². The zero-order valence-corrected chi connectivity index (χ0v) is 11.6. The Labute approximate surface area is 110 Å². The lowest BCUT2D eigenvalue weighted by Crippen LogP contribution is -2.47. The molecule has 2 rings (SSSR count). The highest BCUT2D eigenvalue weighted by Crippen LogP contribution is 2.30. The van der Waals surface area contributed by atoms with E-state index in [1.54, 1.807) is 0 Å². The molecular weight excluding hydrogens is 224 g/mol. The van der Waals surface area contributed by atoms with Crippen LogP contribution in [-0.4, -0.2) is 50.2 Å². The summed E-state index contributed by atoms with van der Waals surface area (Å²) in [6, 6.07) is 10.6. The van der Waals surface area contributed by atoms with Crippen LogP contribution in [0.25, 0.3) is 0 Å². The number of hydrogen-bond acceptors (Lipinski definition) is 3. The first kappa shape index (κ1) is 13.5. The molecule has 1 aliphatic rings. The third kappa shape index (κ3) is 2.91. The van der Waals surface area contributed by atoms with E-state index in [1.165, 1.54) is 5.56 Å². The van der Waals surface area contributed by atoms with Gasteiger partial charge in [-0.3, -0.25) is 9.80 Å². The average molecular weight is 247 g/mol. The van der Waals surface area contributed by atoms with Gasteiger partial charge in [0.05, 0.1) is 18.8 Å². The molecule has 0 aliphatic carbocycles. The van der Waals surface area contributed by atoms with Crippen molar-refractivity contribution >= 4 is 0 Å². The van der Waals surface area contributed by atoms with Crippen molar-refractivity contribution < 1.29 is 4.74 Å². The fourth-order valence-corrected chi connectivity index (χ4v) is 2.29. The summed E-state index contributed by atoms with van der Waals surface area (Å²) in [6.45, 7) is 8.22. The van der Waals surface area contributed by atoms with Crippen molar-refractivity contribution in [3.63, 3.8) is 0 Å². The molecule has 0 aromatic heterocycles. The fraction of sp³-hybridized carbons (Fsp3) is 0.533. The first-order valence-electron chi connectivity index (χ1n) is 6.54. The second kappa shape index (κ2) is 5.83. The molecule has 1 fully saturated rings. The van der Waals surface area contributed by atoms with E-state index in [9.17, 15) is 0 Å². The van der Waals surface area contributed by atoms with Gasteiger partial charge in [-0.2, -0.15) is 0 Å². The number of morpholine rings is 1. The molecule has 1 aromatic carbocycles. The van der Waals surface area contributed by atoms with Gasteiger partial charge in [0.1, 0.15) is 0 Å². The maximum atomic E-state index is 5.41. The summed E-state index contributed by atoms with van der Waals surface area (Å²) in [5, 5.41) is 0. The van der Waals surface area contributed by atoms with Crippen molar-refractivity contribution in [2.75, 3.05) is 40.4 Å². The van der Waals surface area contributed by atoms with Crippen LogP contribution in [-0.2, 0) is 10.3 Å². The normalized spacial score (nSPS) is 20.9. The Hall–Kier alpha value is -0.900. The van der Waals surface area contributed by atoms with Crippen LogP contribution in [0.3, 0.4) is 0 Å². The molecule has 1 heterocycles.